The number of hydrogen-bond acceptors (Lipinski definition) is 5. The number of unbranched alkanes of at least 4 members (excludes halogenated alkanes) is 17. The van der Waals surface area contributed by atoms with Crippen molar-refractivity contribution >= 4 is 11.9 Å². The summed E-state index contributed by atoms with van der Waals surface area (Å²) in [5.74, 6) is -0.275. The summed E-state index contributed by atoms with van der Waals surface area (Å²) in [4.78, 5) is 27.7. The summed E-state index contributed by atoms with van der Waals surface area (Å²) < 4.78 is 11.7. The molecule has 0 spiro atoms. The SMILES string of the molecule is CCCCCCCCCCCCC(COC(=O)C(CCCC)CCCCCCCCCC)OC(=O)CCCN(C)C. The molecule has 0 aliphatic carbocycles. The van der Waals surface area contributed by atoms with Crippen LogP contribution in [0.1, 0.15) is 181 Å². The van der Waals surface area contributed by atoms with Crippen molar-refractivity contribution in [2.75, 3.05) is 27.2 Å². The fourth-order valence-corrected chi connectivity index (χ4v) is 5.47. The standard InChI is InChI=1S/C36H71NO4/c1-6-9-12-14-16-18-19-21-23-25-29-34(41-35(38)30-26-31-37(4)5)32-40-36(39)33(27-11-8-3)28-24-22-20-17-15-13-10-7-2/h33-34H,6-32H2,1-5H3. The van der Waals surface area contributed by atoms with Crippen LogP contribution in [0, 0.1) is 5.92 Å². The van der Waals surface area contributed by atoms with Crippen LogP contribution in [0.25, 0.3) is 0 Å². The lowest BCUT2D eigenvalue weighted by Gasteiger charge is -2.21. The summed E-state index contributed by atoms with van der Waals surface area (Å²) in [7, 11) is 4.03. The van der Waals surface area contributed by atoms with Crippen LogP contribution in [0.15, 0.2) is 0 Å². The van der Waals surface area contributed by atoms with E-state index in [0.29, 0.717) is 6.42 Å². The predicted molar refractivity (Wildman–Crippen MR) is 175 cm³/mol. The van der Waals surface area contributed by atoms with Crippen molar-refractivity contribution in [1.29, 1.82) is 0 Å². The highest BCUT2D eigenvalue weighted by molar-refractivity contribution is 5.72. The molecule has 0 aromatic carbocycles. The molecule has 5 nitrogen and oxygen atoms in total. The van der Waals surface area contributed by atoms with E-state index in [0.717, 1.165) is 64.3 Å². The lowest BCUT2D eigenvalue weighted by molar-refractivity contribution is -0.162. The topological polar surface area (TPSA) is 55.8 Å². The molecule has 5 heteroatoms. The second-order valence-electron chi connectivity index (χ2n) is 12.7. The quantitative estimate of drug-likeness (QED) is 0.0602. The molecule has 2 atom stereocenters. The molecule has 0 saturated heterocycles. The van der Waals surface area contributed by atoms with Gasteiger partial charge in [0.25, 0.3) is 0 Å². The van der Waals surface area contributed by atoms with Crippen molar-refractivity contribution in [3.63, 3.8) is 0 Å². The zero-order chi connectivity index (χ0) is 30.4. The fourth-order valence-electron chi connectivity index (χ4n) is 5.47. The highest BCUT2D eigenvalue weighted by Crippen LogP contribution is 2.21. The van der Waals surface area contributed by atoms with Crippen LogP contribution in [0.4, 0.5) is 0 Å². The normalized spacial score (nSPS) is 12.9. The smallest absolute Gasteiger partial charge is 0.309 e. The van der Waals surface area contributed by atoms with E-state index in [4.69, 9.17) is 9.47 Å². The molecule has 0 aromatic rings. The largest absolute Gasteiger partial charge is 0.462 e. The third-order valence-corrected chi connectivity index (χ3v) is 8.22. The monoisotopic (exact) mass is 582 g/mol. The molecule has 2 unspecified atom stereocenters. The predicted octanol–water partition coefficient (Wildman–Crippen LogP) is 10.4. The third kappa shape index (κ3) is 27.5. The summed E-state index contributed by atoms with van der Waals surface area (Å²) in [6.07, 6.45) is 28.6. The van der Waals surface area contributed by atoms with E-state index in [9.17, 15) is 9.59 Å². The van der Waals surface area contributed by atoms with Crippen LogP contribution in [-0.4, -0.2) is 50.2 Å². The van der Waals surface area contributed by atoms with E-state index in [2.05, 4.69) is 25.7 Å². The molecule has 0 aliphatic rings. The Bertz CT molecular complexity index is 580. The number of rotatable bonds is 31. The van der Waals surface area contributed by atoms with Crippen molar-refractivity contribution in [3.8, 4) is 0 Å². The molecule has 0 rings (SSSR count). The van der Waals surface area contributed by atoms with E-state index in [1.165, 1.54) is 96.3 Å². The van der Waals surface area contributed by atoms with E-state index in [1.54, 1.807) is 0 Å². The molecule has 0 saturated carbocycles. The maximum atomic E-state index is 13.1. The first-order chi connectivity index (χ1) is 19.9. The third-order valence-electron chi connectivity index (χ3n) is 8.22. The second-order valence-corrected chi connectivity index (χ2v) is 12.7. The van der Waals surface area contributed by atoms with Gasteiger partial charge in [-0.15, -0.1) is 0 Å². The number of hydrogen-bond donors (Lipinski definition) is 0. The van der Waals surface area contributed by atoms with Crippen LogP contribution in [0.3, 0.4) is 0 Å². The van der Waals surface area contributed by atoms with Crippen LogP contribution in [-0.2, 0) is 19.1 Å². The van der Waals surface area contributed by atoms with Crippen molar-refractivity contribution in [1.82, 2.24) is 4.90 Å². The molecular formula is C36H71NO4. The fraction of sp³-hybridized carbons (Fsp3) is 0.944. The molecule has 41 heavy (non-hydrogen) atoms. The first kappa shape index (κ1) is 39.9. The molecule has 0 aromatic heterocycles. The highest BCUT2D eigenvalue weighted by atomic mass is 16.6. The Balaban J connectivity index is 4.60. The Labute approximate surface area is 256 Å². The lowest BCUT2D eigenvalue weighted by Crippen LogP contribution is -2.28. The number of carbonyl (C=O) groups excluding carboxylic acids is 2. The zero-order valence-corrected chi connectivity index (χ0v) is 28.3. The minimum Gasteiger partial charge on any atom is -0.462 e. The van der Waals surface area contributed by atoms with Gasteiger partial charge < -0.3 is 14.4 Å². The minimum atomic E-state index is -0.324. The Morgan fingerprint density at radius 3 is 1.49 bits per heavy atom. The molecule has 0 bridgehead atoms. The molecule has 0 radical (unpaired) electrons. The van der Waals surface area contributed by atoms with Crippen molar-refractivity contribution < 1.29 is 19.1 Å². The van der Waals surface area contributed by atoms with Gasteiger partial charge in [0.15, 0.2) is 0 Å². The minimum absolute atomic E-state index is 0.0242. The van der Waals surface area contributed by atoms with E-state index in [1.807, 2.05) is 14.1 Å². The van der Waals surface area contributed by atoms with Gasteiger partial charge in [0.1, 0.15) is 12.7 Å². The van der Waals surface area contributed by atoms with Gasteiger partial charge >= 0.3 is 11.9 Å². The van der Waals surface area contributed by atoms with Crippen molar-refractivity contribution in [2.45, 2.75) is 187 Å². The molecule has 0 N–H and O–H groups in total. The summed E-state index contributed by atoms with van der Waals surface area (Å²) >= 11 is 0. The van der Waals surface area contributed by atoms with Crippen LogP contribution in [0.2, 0.25) is 0 Å². The Kier molecular flexibility index (Phi) is 29.5. The summed E-state index contributed by atoms with van der Waals surface area (Å²) in [6, 6.07) is 0. The first-order valence-electron chi connectivity index (χ1n) is 17.9. The van der Waals surface area contributed by atoms with Gasteiger partial charge in [-0.2, -0.15) is 0 Å². The Morgan fingerprint density at radius 1 is 0.561 bits per heavy atom. The summed E-state index contributed by atoms with van der Waals surface area (Å²) in [6.45, 7) is 7.77. The molecular weight excluding hydrogens is 510 g/mol. The Morgan fingerprint density at radius 2 is 1.00 bits per heavy atom. The highest BCUT2D eigenvalue weighted by Gasteiger charge is 2.22. The Hall–Kier alpha value is -1.10. The number of esters is 2. The van der Waals surface area contributed by atoms with Crippen LogP contribution >= 0.6 is 0 Å². The van der Waals surface area contributed by atoms with Gasteiger partial charge in [0, 0.05) is 6.42 Å². The average molecular weight is 582 g/mol. The molecule has 0 heterocycles. The van der Waals surface area contributed by atoms with E-state index >= 15 is 0 Å². The summed E-state index contributed by atoms with van der Waals surface area (Å²) in [5, 5.41) is 0. The van der Waals surface area contributed by atoms with Crippen LogP contribution in [0.5, 0.6) is 0 Å². The molecule has 244 valence electrons. The van der Waals surface area contributed by atoms with Gasteiger partial charge in [-0.1, -0.05) is 143 Å². The number of ether oxygens (including phenoxy) is 2. The van der Waals surface area contributed by atoms with Crippen molar-refractivity contribution in [2.24, 2.45) is 5.92 Å². The molecule has 0 aliphatic heterocycles. The number of carbonyl (C=O) groups is 2. The van der Waals surface area contributed by atoms with Crippen molar-refractivity contribution in [3.05, 3.63) is 0 Å². The van der Waals surface area contributed by atoms with Gasteiger partial charge in [-0.3, -0.25) is 9.59 Å². The maximum absolute atomic E-state index is 13.1. The lowest BCUT2D eigenvalue weighted by atomic mass is 9.95. The maximum Gasteiger partial charge on any atom is 0.309 e. The van der Waals surface area contributed by atoms with E-state index < -0.39 is 0 Å². The molecule has 0 amide bonds. The summed E-state index contributed by atoms with van der Waals surface area (Å²) in [5.41, 5.74) is 0. The zero-order valence-electron chi connectivity index (χ0n) is 28.3. The molecule has 0 fully saturated rings. The van der Waals surface area contributed by atoms with Gasteiger partial charge in [0.05, 0.1) is 5.92 Å². The number of nitrogens with zero attached hydrogens (tertiary/aromatic N) is 1. The van der Waals surface area contributed by atoms with Gasteiger partial charge in [-0.25, -0.2) is 0 Å². The second kappa shape index (κ2) is 30.4. The average Bonchev–Trinajstić information content (AvgIpc) is 2.95. The van der Waals surface area contributed by atoms with Gasteiger partial charge in [-0.05, 0) is 52.7 Å². The van der Waals surface area contributed by atoms with Crippen LogP contribution < -0.4 is 0 Å². The first-order valence-corrected chi connectivity index (χ1v) is 17.9. The van der Waals surface area contributed by atoms with Gasteiger partial charge in [0.2, 0.25) is 0 Å². The van der Waals surface area contributed by atoms with E-state index in [-0.39, 0.29) is 30.6 Å².